The molecule has 0 bridgehead atoms. The second-order valence-electron chi connectivity index (χ2n) is 9.80. The number of para-hydroxylation sites is 2. The molecule has 2 aromatic carbocycles. The van der Waals surface area contributed by atoms with E-state index in [-0.39, 0.29) is 41.9 Å². The molecule has 0 aliphatic heterocycles. The largest absolute Gasteiger partial charge is 0.484 e. The molecule has 0 radical (unpaired) electrons. The number of hydrogen-bond donors (Lipinski definition) is 2. The van der Waals surface area contributed by atoms with Crippen molar-refractivity contribution in [2.45, 2.75) is 46.1 Å². The molecule has 0 unspecified atom stereocenters. The quantitative estimate of drug-likeness (QED) is 0.621. The molecular formula is C26H34N2O4. The number of rotatable bonds is 9. The van der Waals surface area contributed by atoms with Crippen LogP contribution in [-0.4, -0.2) is 37.6 Å². The lowest BCUT2D eigenvalue weighted by Crippen LogP contribution is -2.51. The summed E-state index contributed by atoms with van der Waals surface area (Å²) in [6.45, 7) is 7.12. The van der Waals surface area contributed by atoms with Crippen LogP contribution < -0.4 is 20.1 Å². The number of carbonyl (C=O) groups excluding carboxylic acids is 2. The van der Waals surface area contributed by atoms with Gasteiger partial charge in [-0.15, -0.1) is 0 Å². The van der Waals surface area contributed by atoms with Crippen LogP contribution in [0.3, 0.4) is 0 Å². The van der Waals surface area contributed by atoms with Gasteiger partial charge < -0.3 is 20.1 Å². The van der Waals surface area contributed by atoms with Crippen molar-refractivity contribution >= 4 is 11.8 Å². The predicted molar refractivity (Wildman–Crippen MR) is 125 cm³/mol. The SMILES string of the molecule is CC1(C)C[C@@H](NC(=O)COc2ccccc2)C[C@](C)(CNC(=O)COc2ccccc2)C1. The smallest absolute Gasteiger partial charge is 0.258 e. The van der Waals surface area contributed by atoms with Crippen molar-refractivity contribution in [2.75, 3.05) is 19.8 Å². The maximum atomic E-state index is 12.5. The van der Waals surface area contributed by atoms with Crippen molar-refractivity contribution in [1.82, 2.24) is 10.6 Å². The van der Waals surface area contributed by atoms with Crippen LogP contribution in [0.15, 0.2) is 60.7 Å². The monoisotopic (exact) mass is 438 g/mol. The molecule has 1 saturated carbocycles. The topological polar surface area (TPSA) is 76.7 Å². The Bertz CT molecular complexity index is 885. The van der Waals surface area contributed by atoms with E-state index in [0.29, 0.717) is 18.0 Å². The number of carbonyl (C=O) groups is 2. The van der Waals surface area contributed by atoms with E-state index < -0.39 is 0 Å². The van der Waals surface area contributed by atoms with Crippen molar-refractivity contribution in [2.24, 2.45) is 10.8 Å². The predicted octanol–water partition coefficient (Wildman–Crippen LogP) is 3.96. The van der Waals surface area contributed by atoms with Crippen LogP contribution in [0.5, 0.6) is 11.5 Å². The number of ether oxygens (including phenoxy) is 2. The summed E-state index contributed by atoms with van der Waals surface area (Å²) < 4.78 is 11.1. The minimum absolute atomic E-state index is 0.00871. The second-order valence-corrected chi connectivity index (χ2v) is 9.80. The van der Waals surface area contributed by atoms with Gasteiger partial charge in [0.15, 0.2) is 13.2 Å². The van der Waals surface area contributed by atoms with E-state index in [1.54, 1.807) is 0 Å². The maximum absolute atomic E-state index is 12.5. The van der Waals surface area contributed by atoms with Gasteiger partial charge in [0.2, 0.25) is 0 Å². The van der Waals surface area contributed by atoms with Crippen molar-refractivity contribution in [1.29, 1.82) is 0 Å². The molecule has 32 heavy (non-hydrogen) atoms. The average molecular weight is 439 g/mol. The van der Waals surface area contributed by atoms with E-state index in [1.807, 2.05) is 60.7 Å². The molecule has 1 fully saturated rings. The summed E-state index contributed by atoms with van der Waals surface area (Å²) in [4.78, 5) is 24.8. The Hall–Kier alpha value is -3.02. The summed E-state index contributed by atoms with van der Waals surface area (Å²) in [6, 6.07) is 18.7. The summed E-state index contributed by atoms with van der Waals surface area (Å²) in [5, 5.41) is 6.15. The van der Waals surface area contributed by atoms with Gasteiger partial charge >= 0.3 is 0 Å². The highest BCUT2D eigenvalue weighted by molar-refractivity contribution is 5.78. The first-order valence-electron chi connectivity index (χ1n) is 11.1. The van der Waals surface area contributed by atoms with Gasteiger partial charge in [0, 0.05) is 12.6 Å². The fourth-order valence-corrected chi connectivity index (χ4v) is 4.83. The summed E-state index contributed by atoms with van der Waals surface area (Å²) in [6.07, 6.45) is 2.66. The zero-order valence-electron chi connectivity index (χ0n) is 19.2. The molecule has 0 heterocycles. The molecule has 1 aliphatic carbocycles. The van der Waals surface area contributed by atoms with E-state index in [0.717, 1.165) is 19.3 Å². The van der Waals surface area contributed by atoms with Crippen molar-refractivity contribution in [3.63, 3.8) is 0 Å². The lowest BCUT2D eigenvalue weighted by molar-refractivity contribution is -0.126. The Morgan fingerprint density at radius 2 is 1.38 bits per heavy atom. The van der Waals surface area contributed by atoms with Crippen LogP contribution in [-0.2, 0) is 9.59 Å². The summed E-state index contributed by atoms with van der Waals surface area (Å²) in [5.74, 6) is 1.08. The average Bonchev–Trinajstić information content (AvgIpc) is 2.75. The standard InChI is InChI=1S/C26H34N2O4/c1-25(2)14-20(28-24(30)17-32-22-12-8-5-9-13-22)15-26(3,18-25)19-27-23(29)16-31-21-10-6-4-7-11-21/h4-13,20H,14-19H2,1-3H3,(H,27,29)(H,28,30)/t20-,26+/m1/s1. The zero-order chi connectivity index (χ0) is 23.0. The molecule has 0 spiro atoms. The molecule has 6 heteroatoms. The molecule has 3 rings (SSSR count). The molecule has 2 amide bonds. The Labute approximate surface area is 190 Å². The van der Waals surface area contributed by atoms with Crippen LogP contribution in [0.25, 0.3) is 0 Å². The number of nitrogens with one attached hydrogen (secondary N) is 2. The normalized spacial score (nSPS) is 21.9. The molecule has 6 nitrogen and oxygen atoms in total. The van der Waals surface area contributed by atoms with Crippen LogP contribution in [0.1, 0.15) is 40.0 Å². The molecule has 2 atom stereocenters. The van der Waals surface area contributed by atoms with Gasteiger partial charge in [0.25, 0.3) is 11.8 Å². The van der Waals surface area contributed by atoms with Gasteiger partial charge in [-0.05, 0) is 54.4 Å². The lowest BCUT2D eigenvalue weighted by Gasteiger charge is -2.47. The van der Waals surface area contributed by atoms with Gasteiger partial charge in [-0.2, -0.15) is 0 Å². The van der Waals surface area contributed by atoms with Gasteiger partial charge in [0.1, 0.15) is 11.5 Å². The number of hydrogen-bond acceptors (Lipinski definition) is 4. The molecule has 172 valence electrons. The Morgan fingerprint density at radius 1 is 0.844 bits per heavy atom. The minimum Gasteiger partial charge on any atom is -0.484 e. The minimum atomic E-state index is -0.143. The summed E-state index contributed by atoms with van der Waals surface area (Å²) in [5.41, 5.74) is -0.0705. The number of amides is 2. The Kier molecular flexibility index (Phi) is 7.78. The first-order chi connectivity index (χ1) is 15.2. The lowest BCUT2D eigenvalue weighted by atomic mass is 9.62. The van der Waals surface area contributed by atoms with E-state index in [1.165, 1.54) is 0 Å². The van der Waals surface area contributed by atoms with Crippen molar-refractivity contribution in [3.05, 3.63) is 60.7 Å². The first-order valence-corrected chi connectivity index (χ1v) is 11.1. The van der Waals surface area contributed by atoms with Crippen molar-refractivity contribution < 1.29 is 19.1 Å². The van der Waals surface area contributed by atoms with E-state index in [4.69, 9.17) is 9.47 Å². The van der Waals surface area contributed by atoms with Crippen LogP contribution in [0.4, 0.5) is 0 Å². The zero-order valence-corrected chi connectivity index (χ0v) is 19.2. The number of benzene rings is 2. The first kappa shape index (κ1) is 23.6. The molecular weight excluding hydrogens is 404 g/mol. The van der Waals surface area contributed by atoms with E-state index in [2.05, 4.69) is 31.4 Å². The molecule has 1 aliphatic rings. The Balaban J connectivity index is 1.48. The van der Waals surface area contributed by atoms with Gasteiger partial charge in [-0.1, -0.05) is 57.2 Å². The van der Waals surface area contributed by atoms with Gasteiger partial charge in [-0.3, -0.25) is 9.59 Å². The molecule has 0 aromatic heterocycles. The van der Waals surface area contributed by atoms with Crippen LogP contribution in [0, 0.1) is 10.8 Å². The third kappa shape index (κ3) is 7.59. The third-order valence-corrected chi connectivity index (χ3v) is 5.75. The van der Waals surface area contributed by atoms with E-state index >= 15 is 0 Å². The molecule has 2 aromatic rings. The highest BCUT2D eigenvalue weighted by atomic mass is 16.5. The maximum Gasteiger partial charge on any atom is 0.258 e. The fraction of sp³-hybridized carbons (Fsp3) is 0.462. The third-order valence-electron chi connectivity index (χ3n) is 5.75. The van der Waals surface area contributed by atoms with Gasteiger partial charge in [-0.25, -0.2) is 0 Å². The molecule has 2 N–H and O–H groups in total. The second kappa shape index (κ2) is 10.5. The summed E-state index contributed by atoms with van der Waals surface area (Å²) in [7, 11) is 0. The summed E-state index contributed by atoms with van der Waals surface area (Å²) >= 11 is 0. The van der Waals surface area contributed by atoms with Gasteiger partial charge in [0.05, 0.1) is 0 Å². The molecule has 0 saturated heterocycles. The highest BCUT2D eigenvalue weighted by Gasteiger charge is 2.41. The highest BCUT2D eigenvalue weighted by Crippen LogP contribution is 2.45. The fourth-order valence-electron chi connectivity index (χ4n) is 4.83. The van der Waals surface area contributed by atoms with E-state index in [9.17, 15) is 9.59 Å². The Morgan fingerprint density at radius 3 is 1.94 bits per heavy atom. The van der Waals surface area contributed by atoms with Crippen LogP contribution in [0.2, 0.25) is 0 Å². The van der Waals surface area contributed by atoms with Crippen LogP contribution >= 0.6 is 0 Å². The van der Waals surface area contributed by atoms with Crippen molar-refractivity contribution in [3.8, 4) is 11.5 Å².